The maximum absolute atomic E-state index is 12.9. The highest BCUT2D eigenvalue weighted by Gasteiger charge is 2.65. The molecule has 1 heterocycles. The van der Waals surface area contributed by atoms with E-state index in [1.165, 1.54) is 11.1 Å². The number of allylic oxidation sites excluding steroid dienone is 1. The second-order valence-electron chi connectivity index (χ2n) is 15.0. The molecule has 6 heteroatoms. The Morgan fingerprint density at radius 1 is 1.11 bits per heavy atom. The Labute approximate surface area is 222 Å². The molecule has 9 atom stereocenters. The second kappa shape index (κ2) is 8.38. The Morgan fingerprint density at radius 2 is 1.76 bits per heavy atom. The lowest BCUT2D eigenvalue weighted by atomic mass is 9.40. The van der Waals surface area contributed by atoms with Crippen LogP contribution in [-0.2, 0) is 14.3 Å². The number of epoxide rings is 1. The van der Waals surface area contributed by atoms with Crippen molar-refractivity contribution >= 4 is 11.8 Å². The number of carbonyl (C=O) groups excluding carboxylic acids is 1. The zero-order valence-electron chi connectivity index (χ0n) is 23.9. The number of rotatable bonds is 6. The average molecular weight is 517 g/mol. The van der Waals surface area contributed by atoms with Crippen molar-refractivity contribution in [1.29, 1.82) is 0 Å². The number of fused-ring (bicyclic) bond motifs is 5. The minimum absolute atomic E-state index is 0.00728. The number of carboxylic acid groups (broad SMARTS) is 1. The highest BCUT2D eigenvalue weighted by atomic mass is 16.6. The van der Waals surface area contributed by atoms with Gasteiger partial charge in [-0.3, -0.25) is 9.59 Å². The largest absolute Gasteiger partial charge is 0.481 e. The Bertz CT molecular complexity index is 1030. The maximum atomic E-state index is 12.9. The lowest BCUT2D eigenvalue weighted by Crippen LogP contribution is -2.61. The molecule has 208 valence electrons. The van der Waals surface area contributed by atoms with Crippen molar-refractivity contribution in [3.63, 3.8) is 0 Å². The molecule has 3 saturated carbocycles. The third kappa shape index (κ3) is 3.98. The minimum atomic E-state index is -1.41. The second-order valence-corrected chi connectivity index (χ2v) is 15.0. The van der Waals surface area contributed by atoms with E-state index in [-0.39, 0.29) is 34.5 Å². The van der Waals surface area contributed by atoms with Crippen LogP contribution in [0.2, 0.25) is 0 Å². The van der Waals surface area contributed by atoms with Gasteiger partial charge in [0, 0.05) is 11.8 Å². The summed E-state index contributed by atoms with van der Waals surface area (Å²) in [5.41, 5.74) is 0.375. The molecule has 0 bridgehead atoms. The van der Waals surface area contributed by atoms with E-state index in [1.54, 1.807) is 0 Å². The van der Waals surface area contributed by atoms with Crippen molar-refractivity contribution in [2.45, 2.75) is 130 Å². The summed E-state index contributed by atoms with van der Waals surface area (Å²) in [4.78, 5) is 24.5. The molecular weight excluding hydrogens is 468 g/mol. The van der Waals surface area contributed by atoms with Gasteiger partial charge in [-0.2, -0.15) is 0 Å². The van der Waals surface area contributed by atoms with Crippen LogP contribution in [0.1, 0.15) is 106 Å². The molecule has 0 amide bonds. The quantitative estimate of drug-likeness (QED) is 0.327. The summed E-state index contributed by atoms with van der Waals surface area (Å²) >= 11 is 0. The van der Waals surface area contributed by atoms with Crippen molar-refractivity contribution in [3.05, 3.63) is 11.1 Å². The number of hydrogen-bond acceptors (Lipinski definition) is 5. The number of aliphatic carboxylic acids is 1. The third-order valence-electron chi connectivity index (χ3n) is 12.1. The molecule has 0 unspecified atom stereocenters. The summed E-state index contributed by atoms with van der Waals surface area (Å²) in [6.45, 7) is 14.9. The van der Waals surface area contributed by atoms with Gasteiger partial charge in [-0.05, 0) is 93.3 Å². The van der Waals surface area contributed by atoms with Gasteiger partial charge in [0.2, 0.25) is 0 Å². The summed E-state index contributed by atoms with van der Waals surface area (Å²) in [6, 6.07) is 0. The van der Waals surface area contributed by atoms with Crippen molar-refractivity contribution in [2.75, 3.05) is 0 Å². The summed E-state index contributed by atoms with van der Waals surface area (Å²) in [5.74, 6) is 0.252. The van der Waals surface area contributed by atoms with Crippen LogP contribution in [0, 0.1) is 39.9 Å². The number of hydrogen-bond donors (Lipinski definition) is 3. The number of aliphatic hydroxyl groups excluding tert-OH is 1. The van der Waals surface area contributed by atoms with Crippen molar-refractivity contribution in [1.82, 2.24) is 0 Å². The molecule has 0 aromatic carbocycles. The van der Waals surface area contributed by atoms with E-state index < -0.39 is 29.4 Å². The van der Waals surface area contributed by atoms with Crippen molar-refractivity contribution in [3.8, 4) is 0 Å². The zero-order chi connectivity index (χ0) is 27.3. The highest BCUT2D eigenvalue weighted by Crippen LogP contribution is 2.69. The number of ether oxygens (including phenoxy) is 1. The first kappa shape index (κ1) is 27.3. The van der Waals surface area contributed by atoms with Crippen LogP contribution in [0.3, 0.4) is 0 Å². The zero-order valence-corrected chi connectivity index (χ0v) is 23.9. The molecule has 1 saturated heterocycles. The molecule has 0 radical (unpaired) electrons. The molecule has 0 spiro atoms. The molecule has 37 heavy (non-hydrogen) atoms. The van der Waals surface area contributed by atoms with Gasteiger partial charge in [-0.25, -0.2) is 0 Å². The van der Waals surface area contributed by atoms with E-state index >= 15 is 0 Å². The van der Waals surface area contributed by atoms with E-state index in [0.29, 0.717) is 36.9 Å². The fourth-order valence-electron chi connectivity index (χ4n) is 10.3. The summed E-state index contributed by atoms with van der Waals surface area (Å²) in [7, 11) is 0. The topological polar surface area (TPSA) is 107 Å². The molecule has 3 N–H and O–H groups in total. The predicted molar refractivity (Wildman–Crippen MR) is 141 cm³/mol. The molecule has 5 rings (SSSR count). The van der Waals surface area contributed by atoms with Gasteiger partial charge >= 0.3 is 5.97 Å². The van der Waals surface area contributed by atoms with Crippen LogP contribution in [0.5, 0.6) is 0 Å². The van der Waals surface area contributed by atoms with E-state index in [1.807, 2.05) is 13.8 Å². The Kier molecular flexibility index (Phi) is 6.19. The highest BCUT2D eigenvalue weighted by molar-refractivity contribution is 5.85. The number of carbonyl (C=O) groups is 2. The smallest absolute Gasteiger partial charge is 0.306 e. The van der Waals surface area contributed by atoms with E-state index in [9.17, 15) is 24.9 Å². The van der Waals surface area contributed by atoms with Crippen molar-refractivity contribution in [2.24, 2.45) is 39.9 Å². The van der Waals surface area contributed by atoms with Crippen molar-refractivity contribution < 1.29 is 29.6 Å². The van der Waals surface area contributed by atoms with Gasteiger partial charge in [0.1, 0.15) is 17.5 Å². The molecule has 1 aliphatic heterocycles. The number of carboxylic acids is 1. The Morgan fingerprint density at radius 3 is 2.35 bits per heavy atom. The fraction of sp³-hybridized carbons (Fsp3) is 0.871. The van der Waals surface area contributed by atoms with Crippen LogP contribution < -0.4 is 0 Å². The normalized spacial score (nSPS) is 44.4. The van der Waals surface area contributed by atoms with Crippen LogP contribution >= 0.6 is 0 Å². The van der Waals surface area contributed by atoms with Crippen LogP contribution in [0.15, 0.2) is 11.1 Å². The number of aliphatic hydroxyl groups is 2. The molecule has 0 aromatic heterocycles. The number of ketones is 1. The molecule has 6 nitrogen and oxygen atoms in total. The fourth-order valence-corrected chi connectivity index (χ4v) is 10.3. The first-order valence-electron chi connectivity index (χ1n) is 14.5. The SMILES string of the molecule is C[C@H](C[C@](O)(CC(=O)O)[C@H]1OC1(C)C)C1=C2C[C@H](O)[C@@H]3[C@H](CC[C@H]4C(C)(C)C(=O)CC[C@]34C)[C@@]2(C)CC1. The lowest BCUT2D eigenvalue weighted by Gasteiger charge is -2.64. The summed E-state index contributed by atoms with van der Waals surface area (Å²) < 4.78 is 5.74. The monoisotopic (exact) mass is 516 g/mol. The van der Waals surface area contributed by atoms with Gasteiger partial charge in [0.15, 0.2) is 0 Å². The average Bonchev–Trinajstić information content (AvgIpc) is 3.29. The minimum Gasteiger partial charge on any atom is -0.481 e. The van der Waals surface area contributed by atoms with Gasteiger partial charge in [-0.1, -0.05) is 45.8 Å². The van der Waals surface area contributed by atoms with Crippen LogP contribution in [-0.4, -0.2) is 50.5 Å². The van der Waals surface area contributed by atoms with Gasteiger partial charge in [0.25, 0.3) is 0 Å². The molecule has 0 aromatic rings. The Balaban J connectivity index is 1.44. The van der Waals surface area contributed by atoms with Crippen LogP contribution in [0.25, 0.3) is 0 Å². The summed E-state index contributed by atoms with van der Waals surface area (Å²) in [6.07, 6.45) is 5.28. The van der Waals surface area contributed by atoms with Crippen LogP contribution in [0.4, 0.5) is 0 Å². The van der Waals surface area contributed by atoms with Gasteiger partial charge < -0.3 is 20.1 Å². The third-order valence-corrected chi connectivity index (χ3v) is 12.1. The van der Waals surface area contributed by atoms with E-state index in [2.05, 4.69) is 34.6 Å². The van der Waals surface area contributed by atoms with Gasteiger partial charge in [-0.15, -0.1) is 0 Å². The molecular formula is C31H48O6. The standard InChI is InChI=1S/C31H48O6/c1-17(15-31(36,16-24(34)35)26-28(4,5)37-26)18-10-12-29(6)19-8-9-22-27(2,3)23(33)11-13-30(22,7)25(19)21(32)14-20(18)29/h17,19,21-22,25-26,32,36H,8-16H2,1-7H3,(H,34,35)/t17-,19+,21+,22+,25+,26+,29-,30+,31+/m1/s1. The van der Waals surface area contributed by atoms with E-state index in [0.717, 1.165) is 32.1 Å². The first-order valence-corrected chi connectivity index (χ1v) is 14.5. The first-order chi connectivity index (χ1) is 17.0. The molecule has 4 fully saturated rings. The lowest BCUT2D eigenvalue weighted by molar-refractivity contribution is -0.176. The summed E-state index contributed by atoms with van der Waals surface area (Å²) in [5, 5.41) is 32.8. The predicted octanol–water partition coefficient (Wildman–Crippen LogP) is 5.29. The molecule has 5 aliphatic rings. The van der Waals surface area contributed by atoms with Gasteiger partial charge in [0.05, 0.1) is 18.1 Å². The number of Topliss-reactive ketones (excluding diaryl/α,β-unsaturated/α-hetero) is 1. The maximum Gasteiger partial charge on any atom is 0.306 e. The van der Waals surface area contributed by atoms with E-state index in [4.69, 9.17) is 4.74 Å². The Hall–Kier alpha value is -1.24. The molecule has 4 aliphatic carbocycles.